The normalized spacial score (nSPS) is 10.6. The molecular formula is C20H20O6. The molecule has 0 spiro atoms. The summed E-state index contributed by atoms with van der Waals surface area (Å²) in [5, 5.41) is 10.0. The number of carbonyl (C=O) groups excluding carboxylic acids is 2. The number of phenolic OH excluding ortho intramolecular Hbond substituents is 1. The highest BCUT2D eigenvalue weighted by Gasteiger charge is 2.15. The predicted molar refractivity (Wildman–Crippen MR) is 97.0 cm³/mol. The molecule has 0 unspecified atom stereocenters. The summed E-state index contributed by atoms with van der Waals surface area (Å²) in [7, 11) is 2.88. The summed E-state index contributed by atoms with van der Waals surface area (Å²) in [5.74, 6) is -0.381. The van der Waals surface area contributed by atoms with Crippen LogP contribution in [0.3, 0.4) is 0 Å². The van der Waals surface area contributed by atoms with Crippen molar-refractivity contribution in [1.29, 1.82) is 0 Å². The fourth-order valence-electron chi connectivity index (χ4n) is 2.31. The molecule has 2 rings (SSSR count). The number of phenols is 1. The summed E-state index contributed by atoms with van der Waals surface area (Å²) in [4.78, 5) is 24.2. The van der Waals surface area contributed by atoms with Crippen LogP contribution in [0.5, 0.6) is 17.2 Å². The molecule has 136 valence electrons. The lowest BCUT2D eigenvalue weighted by atomic mass is 10.1. The lowest BCUT2D eigenvalue weighted by Gasteiger charge is -2.10. The number of hydrogen-bond donors (Lipinski definition) is 1. The predicted octanol–water partition coefficient (Wildman–Crippen LogP) is 3.48. The van der Waals surface area contributed by atoms with Gasteiger partial charge in [0.2, 0.25) is 0 Å². The Labute approximate surface area is 151 Å². The van der Waals surface area contributed by atoms with E-state index in [-0.39, 0.29) is 17.9 Å². The number of allylic oxidation sites excluding steroid dienone is 1. The molecule has 0 saturated carbocycles. The third kappa shape index (κ3) is 4.42. The summed E-state index contributed by atoms with van der Waals surface area (Å²) in [5.41, 5.74) is 1.14. The van der Waals surface area contributed by atoms with Gasteiger partial charge in [-0.2, -0.15) is 0 Å². The first-order chi connectivity index (χ1) is 12.5. The maximum Gasteiger partial charge on any atom is 0.338 e. The first-order valence-electron chi connectivity index (χ1n) is 7.94. The van der Waals surface area contributed by atoms with Gasteiger partial charge in [-0.05, 0) is 36.8 Å². The van der Waals surface area contributed by atoms with Crippen LogP contribution in [0.25, 0.3) is 6.08 Å². The van der Waals surface area contributed by atoms with Gasteiger partial charge in [-0.1, -0.05) is 18.2 Å². The molecule has 6 heteroatoms. The average molecular weight is 356 g/mol. The average Bonchev–Trinajstić information content (AvgIpc) is 2.66. The molecular weight excluding hydrogens is 336 g/mol. The fraction of sp³-hybridized carbons (Fsp3) is 0.200. The molecule has 26 heavy (non-hydrogen) atoms. The molecule has 0 atom stereocenters. The van der Waals surface area contributed by atoms with Crippen molar-refractivity contribution >= 4 is 17.8 Å². The minimum atomic E-state index is -0.424. The van der Waals surface area contributed by atoms with E-state index >= 15 is 0 Å². The maximum atomic E-state index is 12.4. The fourth-order valence-corrected chi connectivity index (χ4v) is 2.31. The quantitative estimate of drug-likeness (QED) is 0.465. The highest BCUT2D eigenvalue weighted by Crippen LogP contribution is 2.34. The second kappa shape index (κ2) is 8.71. The number of benzene rings is 2. The number of hydrogen-bond acceptors (Lipinski definition) is 6. The Kier molecular flexibility index (Phi) is 6.38. The van der Waals surface area contributed by atoms with Crippen LogP contribution in [0, 0.1) is 0 Å². The van der Waals surface area contributed by atoms with E-state index < -0.39 is 11.8 Å². The molecule has 0 aliphatic heterocycles. The number of ketones is 1. The largest absolute Gasteiger partial charge is 0.507 e. The van der Waals surface area contributed by atoms with Crippen molar-refractivity contribution in [3.63, 3.8) is 0 Å². The Morgan fingerprint density at radius 2 is 1.77 bits per heavy atom. The number of carbonyl (C=O) groups is 2. The van der Waals surface area contributed by atoms with E-state index in [1.54, 1.807) is 37.3 Å². The Hall–Kier alpha value is -3.28. The summed E-state index contributed by atoms with van der Waals surface area (Å²) < 4.78 is 15.2. The zero-order valence-electron chi connectivity index (χ0n) is 14.8. The standard InChI is InChI=1S/C20H20O6/c1-4-26-20(23)14-7-5-6-13(10-14)8-9-16(21)15-11-18(24-2)19(25-3)12-17(15)22/h5-12,22H,4H2,1-3H3/b9-8+. The molecule has 2 aromatic rings. The van der Waals surface area contributed by atoms with Crippen LogP contribution < -0.4 is 9.47 Å². The van der Waals surface area contributed by atoms with Crippen molar-refractivity contribution in [2.45, 2.75) is 6.92 Å². The van der Waals surface area contributed by atoms with Crippen molar-refractivity contribution in [2.24, 2.45) is 0 Å². The zero-order chi connectivity index (χ0) is 19.1. The SMILES string of the molecule is CCOC(=O)c1cccc(/C=C/C(=O)c2cc(OC)c(OC)cc2O)c1. The van der Waals surface area contributed by atoms with E-state index in [1.807, 2.05) is 0 Å². The monoisotopic (exact) mass is 356 g/mol. The van der Waals surface area contributed by atoms with Gasteiger partial charge in [-0.3, -0.25) is 4.79 Å². The summed E-state index contributed by atoms with van der Waals surface area (Å²) in [6, 6.07) is 9.44. The molecule has 0 saturated heterocycles. The van der Waals surface area contributed by atoms with E-state index in [2.05, 4.69) is 0 Å². The van der Waals surface area contributed by atoms with Gasteiger partial charge in [0.05, 0.1) is 32.0 Å². The molecule has 0 aromatic heterocycles. The lowest BCUT2D eigenvalue weighted by molar-refractivity contribution is 0.0526. The van der Waals surface area contributed by atoms with Crippen molar-refractivity contribution < 1.29 is 28.9 Å². The van der Waals surface area contributed by atoms with Gasteiger partial charge in [0.15, 0.2) is 17.3 Å². The molecule has 0 radical (unpaired) electrons. The van der Waals surface area contributed by atoms with Crippen LogP contribution in [0.1, 0.15) is 33.2 Å². The van der Waals surface area contributed by atoms with Gasteiger partial charge < -0.3 is 19.3 Å². The number of methoxy groups -OCH3 is 2. The van der Waals surface area contributed by atoms with E-state index in [0.29, 0.717) is 22.6 Å². The van der Waals surface area contributed by atoms with Crippen molar-refractivity contribution in [2.75, 3.05) is 20.8 Å². The maximum absolute atomic E-state index is 12.4. The van der Waals surface area contributed by atoms with E-state index in [4.69, 9.17) is 14.2 Å². The molecule has 6 nitrogen and oxygen atoms in total. The van der Waals surface area contributed by atoms with Gasteiger partial charge >= 0.3 is 5.97 Å². The molecule has 1 N–H and O–H groups in total. The van der Waals surface area contributed by atoms with Crippen molar-refractivity contribution in [3.05, 3.63) is 59.2 Å². The highest BCUT2D eigenvalue weighted by molar-refractivity contribution is 6.09. The lowest BCUT2D eigenvalue weighted by Crippen LogP contribution is -2.04. The molecule has 0 fully saturated rings. The Morgan fingerprint density at radius 3 is 2.42 bits per heavy atom. The third-order valence-corrected chi connectivity index (χ3v) is 3.59. The number of esters is 1. The van der Waals surface area contributed by atoms with Crippen LogP contribution in [-0.4, -0.2) is 37.7 Å². The van der Waals surface area contributed by atoms with Crippen LogP contribution in [0.15, 0.2) is 42.5 Å². The van der Waals surface area contributed by atoms with Gasteiger partial charge in [-0.15, -0.1) is 0 Å². The van der Waals surface area contributed by atoms with Gasteiger partial charge in [-0.25, -0.2) is 4.79 Å². The number of rotatable bonds is 7. The summed E-state index contributed by atoms with van der Waals surface area (Å²) in [6.45, 7) is 2.02. The number of ether oxygens (including phenoxy) is 3. The van der Waals surface area contributed by atoms with Crippen LogP contribution >= 0.6 is 0 Å². The minimum absolute atomic E-state index is 0.0837. The minimum Gasteiger partial charge on any atom is -0.507 e. The van der Waals surface area contributed by atoms with E-state index in [1.165, 1.54) is 32.4 Å². The third-order valence-electron chi connectivity index (χ3n) is 3.59. The first kappa shape index (κ1) is 19.1. The topological polar surface area (TPSA) is 82.1 Å². The molecule has 2 aromatic carbocycles. The number of aromatic hydroxyl groups is 1. The first-order valence-corrected chi connectivity index (χ1v) is 7.94. The molecule has 0 aliphatic carbocycles. The Bertz CT molecular complexity index is 838. The van der Waals surface area contributed by atoms with Crippen molar-refractivity contribution in [1.82, 2.24) is 0 Å². The smallest absolute Gasteiger partial charge is 0.338 e. The van der Waals surface area contributed by atoms with Gasteiger partial charge in [0, 0.05) is 6.07 Å². The Balaban J connectivity index is 2.25. The zero-order valence-corrected chi connectivity index (χ0v) is 14.8. The van der Waals surface area contributed by atoms with E-state index in [9.17, 15) is 14.7 Å². The molecule has 0 heterocycles. The second-order valence-electron chi connectivity index (χ2n) is 5.27. The van der Waals surface area contributed by atoms with Crippen LogP contribution in [-0.2, 0) is 4.74 Å². The summed E-state index contributed by atoms with van der Waals surface area (Å²) >= 11 is 0. The van der Waals surface area contributed by atoms with Gasteiger partial charge in [0.1, 0.15) is 5.75 Å². The van der Waals surface area contributed by atoms with E-state index in [0.717, 1.165) is 0 Å². The van der Waals surface area contributed by atoms with Crippen molar-refractivity contribution in [3.8, 4) is 17.2 Å². The summed E-state index contributed by atoms with van der Waals surface area (Å²) in [6.07, 6.45) is 2.87. The van der Waals surface area contributed by atoms with Crippen LogP contribution in [0.4, 0.5) is 0 Å². The molecule has 0 bridgehead atoms. The van der Waals surface area contributed by atoms with Crippen LogP contribution in [0.2, 0.25) is 0 Å². The second-order valence-corrected chi connectivity index (χ2v) is 5.27. The molecule has 0 aliphatic rings. The highest BCUT2D eigenvalue weighted by atomic mass is 16.5. The molecule has 0 amide bonds. The van der Waals surface area contributed by atoms with Gasteiger partial charge in [0.25, 0.3) is 0 Å². The Morgan fingerprint density at radius 1 is 1.08 bits per heavy atom.